The zero-order valence-corrected chi connectivity index (χ0v) is 10.0. The van der Waals surface area contributed by atoms with Crippen LogP contribution >= 0.6 is 11.6 Å². The monoisotopic (exact) mass is 221 g/mol. The van der Waals surface area contributed by atoms with Crippen LogP contribution in [0, 0.1) is 11.3 Å². The fraction of sp³-hybridized carbons (Fsp3) is 0.615. The maximum Gasteiger partial charge on any atom is 0.0647 e. The predicted octanol–water partition coefficient (Wildman–Crippen LogP) is 3.51. The van der Waals surface area contributed by atoms with Crippen LogP contribution < -0.4 is 0 Å². The number of hydrogen-bond acceptors (Lipinski definition) is 1. The lowest BCUT2D eigenvalue weighted by molar-refractivity contribution is 0.0168. The van der Waals surface area contributed by atoms with Gasteiger partial charge in [-0.05, 0) is 41.7 Å². The highest BCUT2D eigenvalue weighted by Crippen LogP contribution is 2.61. The summed E-state index contributed by atoms with van der Waals surface area (Å²) in [6.07, 6.45) is 2.52. The molecule has 3 aliphatic rings. The molecule has 1 fully saturated rings. The van der Waals surface area contributed by atoms with Crippen molar-refractivity contribution in [1.29, 1.82) is 0 Å². The molecule has 2 atom stereocenters. The third-order valence-electron chi connectivity index (χ3n) is 4.49. The van der Waals surface area contributed by atoms with E-state index in [1.807, 2.05) is 0 Å². The Labute approximate surface area is 95.9 Å². The van der Waals surface area contributed by atoms with E-state index in [1.165, 1.54) is 17.7 Å². The second-order valence-electron chi connectivity index (χ2n) is 5.48. The molecular weight excluding hydrogens is 206 g/mol. The van der Waals surface area contributed by atoms with Gasteiger partial charge in [0, 0.05) is 5.69 Å². The van der Waals surface area contributed by atoms with Crippen molar-refractivity contribution in [3.05, 3.63) is 29.1 Å². The van der Waals surface area contributed by atoms with E-state index >= 15 is 0 Å². The summed E-state index contributed by atoms with van der Waals surface area (Å²) in [7, 11) is 0. The second-order valence-corrected chi connectivity index (χ2v) is 5.75. The van der Waals surface area contributed by atoms with E-state index in [-0.39, 0.29) is 0 Å². The molecule has 0 aliphatic heterocycles. The van der Waals surface area contributed by atoms with Crippen molar-refractivity contribution in [3.8, 4) is 0 Å². The van der Waals surface area contributed by atoms with Crippen LogP contribution in [-0.2, 0) is 12.3 Å². The Balaban J connectivity index is 2.05. The Hall–Kier alpha value is -0.560. The predicted molar refractivity (Wildman–Crippen MR) is 62.1 cm³/mol. The topological polar surface area (TPSA) is 12.9 Å². The molecule has 1 aromatic heterocycles. The third kappa shape index (κ3) is 1.19. The fourth-order valence-corrected chi connectivity index (χ4v) is 3.38. The summed E-state index contributed by atoms with van der Waals surface area (Å²) < 4.78 is 0. The Morgan fingerprint density at radius 2 is 2.27 bits per heavy atom. The van der Waals surface area contributed by atoms with E-state index in [4.69, 9.17) is 11.6 Å². The van der Waals surface area contributed by atoms with Crippen LogP contribution in [0.5, 0.6) is 0 Å². The van der Waals surface area contributed by atoms with Crippen LogP contribution in [0.4, 0.5) is 0 Å². The number of aromatic nitrogens is 1. The molecule has 1 nitrogen and oxygen atoms in total. The van der Waals surface area contributed by atoms with Gasteiger partial charge in [-0.3, -0.25) is 4.98 Å². The van der Waals surface area contributed by atoms with Crippen LogP contribution in [0.15, 0.2) is 12.1 Å². The van der Waals surface area contributed by atoms with Gasteiger partial charge in [0.1, 0.15) is 0 Å². The highest BCUT2D eigenvalue weighted by Gasteiger charge is 2.52. The summed E-state index contributed by atoms with van der Waals surface area (Å²) >= 11 is 5.81. The number of halogens is 1. The number of hydrogen-bond donors (Lipinski definition) is 0. The van der Waals surface area contributed by atoms with E-state index in [1.54, 1.807) is 0 Å². The van der Waals surface area contributed by atoms with Gasteiger partial charge in [0.15, 0.2) is 0 Å². The molecule has 3 aliphatic carbocycles. The zero-order chi connectivity index (χ0) is 10.6. The number of pyridine rings is 1. The maximum atomic E-state index is 5.81. The van der Waals surface area contributed by atoms with E-state index in [0.717, 1.165) is 24.0 Å². The summed E-state index contributed by atoms with van der Waals surface area (Å²) in [4.78, 5) is 4.65. The molecule has 0 aromatic carbocycles. The quantitative estimate of drug-likeness (QED) is 0.662. The maximum absolute atomic E-state index is 5.81. The first-order valence-corrected chi connectivity index (χ1v) is 6.21. The molecule has 0 saturated heterocycles. The average molecular weight is 222 g/mol. The molecule has 2 heteroatoms. The lowest BCUT2D eigenvalue weighted by Gasteiger charge is -2.56. The van der Waals surface area contributed by atoms with Crippen molar-refractivity contribution in [3.63, 3.8) is 0 Å². The molecular formula is C13H16ClN. The Morgan fingerprint density at radius 1 is 1.47 bits per heavy atom. The van der Waals surface area contributed by atoms with E-state index < -0.39 is 0 Å². The van der Waals surface area contributed by atoms with Gasteiger partial charge in [-0.2, -0.15) is 0 Å². The summed E-state index contributed by atoms with van der Waals surface area (Å²) in [6, 6.07) is 4.34. The van der Waals surface area contributed by atoms with Crippen LogP contribution in [-0.4, -0.2) is 4.98 Å². The average Bonchev–Trinajstić information content (AvgIpc) is 2.27. The minimum Gasteiger partial charge on any atom is -0.256 e. The van der Waals surface area contributed by atoms with Gasteiger partial charge in [0.05, 0.1) is 11.6 Å². The van der Waals surface area contributed by atoms with Crippen LogP contribution in [0.2, 0.25) is 0 Å². The molecule has 0 amide bonds. The number of alkyl halides is 1. The standard InChI is InChI=1S/C13H16ClN/c1-13(2)8-5-11(13)10-4-3-9(7-14)15-12(10)6-8/h3-4,8,11H,5-7H2,1-2H3/t8-,11+/m1/s1. The van der Waals surface area contributed by atoms with Crippen molar-refractivity contribution in [1.82, 2.24) is 4.98 Å². The lowest BCUT2D eigenvalue weighted by Crippen LogP contribution is -2.48. The summed E-state index contributed by atoms with van der Waals surface area (Å²) in [5.41, 5.74) is 4.32. The Kier molecular flexibility index (Phi) is 1.91. The molecule has 15 heavy (non-hydrogen) atoms. The number of nitrogens with zero attached hydrogens (tertiary/aromatic N) is 1. The minimum atomic E-state index is 0.497. The Bertz CT molecular complexity index is 411. The molecule has 1 aromatic rings. The zero-order valence-electron chi connectivity index (χ0n) is 9.26. The van der Waals surface area contributed by atoms with Crippen LogP contribution in [0.25, 0.3) is 0 Å². The first kappa shape index (κ1) is 9.65. The molecule has 1 heterocycles. The molecule has 1 saturated carbocycles. The molecule has 0 unspecified atom stereocenters. The van der Waals surface area contributed by atoms with Crippen molar-refractivity contribution in [2.45, 2.75) is 38.5 Å². The van der Waals surface area contributed by atoms with Crippen molar-refractivity contribution in [2.24, 2.45) is 11.3 Å². The van der Waals surface area contributed by atoms with E-state index in [0.29, 0.717) is 11.3 Å². The third-order valence-corrected chi connectivity index (χ3v) is 4.76. The van der Waals surface area contributed by atoms with Gasteiger partial charge < -0.3 is 0 Å². The molecule has 80 valence electrons. The number of rotatable bonds is 1. The normalized spacial score (nSPS) is 30.6. The largest absolute Gasteiger partial charge is 0.256 e. The SMILES string of the molecule is CC1(C)[C@H]2Cc3nc(CCl)ccc3[C@@H]1C2. The molecule has 0 radical (unpaired) electrons. The lowest BCUT2D eigenvalue weighted by atomic mass is 9.48. The van der Waals surface area contributed by atoms with Crippen LogP contribution in [0.1, 0.15) is 43.1 Å². The first-order valence-electron chi connectivity index (χ1n) is 5.67. The van der Waals surface area contributed by atoms with Crippen molar-refractivity contribution < 1.29 is 0 Å². The fourth-order valence-electron chi connectivity index (χ4n) is 3.24. The first-order chi connectivity index (χ1) is 7.13. The Morgan fingerprint density at radius 3 is 2.93 bits per heavy atom. The van der Waals surface area contributed by atoms with Crippen LogP contribution in [0.3, 0.4) is 0 Å². The molecule has 4 rings (SSSR count). The molecule has 0 N–H and O–H groups in total. The highest BCUT2D eigenvalue weighted by atomic mass is 35.5. The summed E-state index contributed by atoms with van der Waals surface area (Å²) in [6.45, 7) is 4.79. The second kappa shape index (κ2) is 2.98. The molecule has 2 bridgehead atoms. The van der Waals surface area contributed by atoms with Gasteiger partial charge in [0.25, 0.3) is 0 Å². The van der Waals surface area contributed by atoms with E-state index in [9.17, 15) is 0 Å². The smallest absolute Gasteiger partial charge is 0.0647 e. The van der Waals surface area contributed by atoms with Gasteiger partial charge >= 0.3 is 0 Å². The van der Waals surface area contributed by atoms with Crippen molar-refractivity contribution >= 4 is 11.6 Å². The summed E-state index contributed by atoms with van der Waals surface area (Å²) in [5.74, 6) is 2.11. The molecule has 0 spiro atoms. The van der Waals surface area contributed by atoms with E-state index in [2.05, 4.69) is 31.0 Å². The highest BCUT2D eigenvalue weighted by molar-refractivity contribution is 6.16. The minimum absolute atomic E-state index is 0.497. The van der Waals surface area contributed by atoms with Gasteiger partial charge in [0.2, 0.25) is 0 Å². The van der Waals surface area contributed by atoms with Gasteiger partial charge in [-0.1, -0.05) is 19.9 Å². The van der Waals surface area contributed by atoms with Gasteiger partial charge in [-0.15, -0.1) is 11.6 Å². The van der Waals surface area contributed by atoms with Gasteiger partial charge in [-0.25, -0.2) is 0 Å². The van der Waals surface area contributed by atoms with Crippen molar-refractivity contribution in [2.75, 3.05) is 0 Å². The summed E-state index contributed by atoms with van der Waals surface area (Å²) in [5, 5.41) is 0.